The standard InChI is InChI=1S/C34H42N6O5/c1-44-30-18-23-13-14-32(42)39-20-24-17-26(29(39)11-6-12-31(41)35-15-7-8-25(16-23)33(30)45-2)21-38(19-24)34(43)28-22-40(37-36-28)27-9-4-3-5-10-27/h3-5,9-10,16,18,22,24,26,29H,6-8,11-15,17,19-21H2,1-2H3,(H,35,41)/t24-,26-,29-/m0/s1. The largest absolute Gasteiger partial charge is 0.493 e. The number of aromatic nitrogens is 3. The fourth-order valence-corrected chi connectivity index (χ4v) is 7.30. The highest BCUT2D eigenvalue weighted by molar-refractivity contribution is 5.92. The van der Waals surface area contributed by atoms with Gasteiger partial charge in [0.2, 0.25) is 11.8 Å². The lowest BCUT2D eigenvalue weighted by atomic mass is 9.77. The SMILES string of the molecule is COc1cc2cc(c1OC)CCCNC(=O)CCC[C@H]1[C@H]3C[C@@H](CN(C(=O)c4cn(-c5ccccc5)nn4)C3)CN1C(=O)CC2. The average Bonchev–Trinajstić information content (AvgIpc) is 3.56. The number of benzene rings is 2. The molecular weight excluding hydrogens is 572 g/mol. The van der Waals surface area contributed by atoms with Gasteiger partial charge in [-0.2, -0.15) is 0 Å². The number of ether oxygens (including phenoxy) is 2. The maximum Gasteiger partial charge on any atom is 0.276 e. The van der Waals surface area contributed by atoms with Crippen molar-refractivity contribution in [2.75, 3.05) is 40.4 Å². The minimum absolute atomic E-state index is 0.0221. The van der Waals surface area contributed by atoms with Gasteiger partial charge in [0.15, 0.2) is 17.2 Å². The monoisotopic (exact) mass is 614 g/mol. The molecule has 11 heteroatoms. The van der Waals surface area contributed by atoms with Crippen LogP contribution in [-0.2, 0) is 22.4 Å². The smallest absolute Gasteiger partial charge is 0.276 e. The molecule has 4 bridgehead atoms. The molecular formula is C34H42N6O5. The van der Waals surface area contributed by atoms with Crippen LogP contribution in [0.5, 0.6) is 11.5 Å². The van der Waals surface area contributed by atoms with E-state index in [1.807, 2.05) is 41.3 Å². The Morgan fingerprint density at radius 1 is 0.956 bits per heavy atom. The summed E-state index contributed by atoms with van der Waals surface area (Å²) in [5, 5.41) is 11.4. The van der Waals surface area contributed by atoms with Crippen molar-refractivity contribution >= 4 is 17.7 Å². The van der Waals surface area contributed by atoms with E-state index in [4.69, 9.17) is 9.47 Å². The van der Waals surface area contributed by atoms with Crippen LogP contribution in [0, 0.1) is 11.8 Å². The van der Waals surface area contributed by atoms with Crippen LogP contribution in [0.4, 0.5) is 0 Å². The predicted molar refractivity (Wildman–Crippen MR) is 167 cm³/mol. The van der Waals surface area contributed by atoms with Gasteiger partial charge in [-0.25, -0.2) is 4.68 Å². The van der Waals surface area contributed by atoms with Gasteiger partial charge >= 0.3 is 0 Å². The zero-order valence-electron chi connectivity index (χ0n) is 26.1. The van der Waals surface area contributed by atoms with E-state index in [0.29, 0.717) is 69.1 Å². The number of hydrogen-bond donors (Lipinski definition) is 1. The molecule has 2 aromatic carbocycles. The summed E-state index contributed by atoms with van der Waals surface area (Å²) in [4.78, 5) is 44.1. The number of carbonyl (C=O) groups excluding carboxylic acids is 3. The second-order valence-electron chi connectivity index (χ2n) is 12.4. The Balaban J connectivity index is 1.20. The minimum Gasteiger partial charge on any atom is -0.493 e. The minimum atomic E-state index is -0.136. The van der Waals surface area contributed by atoms with Crippen molar-refractivity contribution in [1.82, 2.24) is 30.1 Å². The van der Waals surface area contributed by atoms with Crippen molar-refractivity contribution in [2.45, 2.75) is 57.4 Å². The van der Waals surface area contributed by atoms with E-state index >= 15 is 0 Å². The van der Waals surface area contributed by atoms with Crippen LogP contribution in [0.15, 0.2) is 48.7 Å². The summed E-state index contributed by atoms with van der Waals surface area (Å²) < 4.78 is 12.9. The first-order chi connectivity index (χ1) is 21.9. The van der Waals surface area contributed by atoms with Crippen LogP contribution in [0.2, 0.25) is 0 Å². The van der Waals surface area contributed by atoms with Crippen molar-refractivity contribution in [2.24, 2.45) is 11.8 Å². The van der Waals surface area contributed by atoms with Gasteiger partial charge in [-0.3, -0.25) is 14.4 Å². The molecule has 3 amide bonds. The summed E-state index contributed by atoms with van der Waals surface area (Å²) in [6.45, 7) is 2.31. The number of likely N-dealkylation sites (tertiary alicyclic amines) is 1. The summed E-state index contributed by atoms with van der Waals surface area (Å²) in [6.07, 6.45) is 6.95. The first kappa shape index (κ1) is 30.6. The topological polar surface area (TPSA) is 119 Å². The van der Waals surface area contributed by atoms with Gasteiger partial charge in [-0.1, -0.05) is 29.5 Å². The molecule has 0 aliphatic carbocycles. The molecule has 2 saturated heterocycles. The number of piperidine rings is 2. The molecule has 0 spiro atoms. The predicted octanol–water partition coefficient (Wildman–Crippen LogP) is 3.44. The third kappa shape index (κ3) is 6.82. The van der Waals surface area contributed by atoms with E-state index < -0.39 is 0 Å². The lowest BCUT2D eigenvalue weighted by Gasteiger charge is -2.51. The molecule has 0 unspecified atom stereocenters. The van der Waals surface area contributed by atoms with E-state index in [1.165, 1.54) is 0 Å². The molecule has 0 saturated carbocycles. The highest BCUT2D eigenvalue weighted by Gasteiger charge is 2.43. The number of hydrogen-bond acceptors (Lipinski definition) is 7. The number of carbonyl (C=O) groups is 3. The quantitative estimate of drug-likeness (QED) is 0.478. The van der Waals surface area contributed by atoms with Crippen molar-refractivity contribution in [3.05, 3.63) is 65.5 Å². The molecule has 45 heavy (non-hydrogen) atoms. The van der Waals surface area contributed by atoms with Crippen molar-refractivity contribution in [1.29, 1.82) is 0 Å². The molecule has 3 aliphatic heterocycles. The van der Waals surface area contributed by atoms with Crippen molar-refractivity contribution < 1.29 is 23.9 Å². The Labute approximate surface area is 263 Å². The van der Waals surface area contributed by atoms with E-state index in [2.05, 4.69) is 26.6 Å². The maximum absolute atomic E-state index is 13.9. The number of nitrogens with zero attached hydrogens (tertiary/aromatic N) is 5. The third-order valence-electron chi connectivity index (χ3n) is 9.40. The highest BCUT2D eigenvalue weighted by Crippen LogP contribution is 2.37. The Bertz CT molecular complexity index is 1520. The Kier molecular flexibility index (Phi) is 9.32. The van der Waals surface area contributed by atoms with Gasteiger partial charge in [0.05, 0.1) is 26.1 Å². The van der Waals surface area contributed by atoms with E-state index in [0.717, 1.165) is 42.5 Å². The first-order valence-corrected chi connectivity index (χ1v) is 16.0. The number of nitrogens with one attached hydrogen (secondary N) is 1. The van der Waals surface area contributed by atoms with Crippen LogP contribution in [0.1, 0.15) is 60.1 Å². The summed E-state index contributed by atoms with van der Waals surface area (Å²) in [5.74, 6) is 1.67. The maximum atomic E-state index is 13.9. The molecule has 0 radical (unpaired) electrons. The molecule has 6 rings (SSSR count). The second-order valence-corrected chi connectivity index (χ2v) is 12.4. The lowest BCUT2D eigenvalue weighted by molar-refractivity contribution is -0.140. The number of rotatable bonds is 4. The summed E-state index contributed by atoms with van der Waals surface area (Å²) in [5.41, 5.74) is 3.20. The van der Waals surface area contributed by atoms with E-state index in [9.17, 15) is 14.4 Å². The van der Waals surface area contributed by atoms with Crippen molar-refractivity contribution in [3.63, 3.8) is 0 Å². The molecule has 4 heterocycles. The molecule has 238 valence electrons. The molecule has 1 N–H and O–H groups in total. The van der Waals surface area contributed by atoms with Crippen LogP contribution < -0.4 is 14.8 Å². The zero-order valence-corrected chi connectivity index (χ0v) is 26.1. The van der Waals surface area contributed by atoms with E-state index in [-0.39, 0.29) is 35.6 Å². The Morgan fingerprint density at radius 3 is 2.60 bits per heavy atom. The fraction of sp³-hybridized carbons (Fsp3) is 0.500. The summed E-state index contributed by atoms with van der Waals surface area (Å²) >= 11 is 0. The van der Waals surface area contributed by atoms with E-state index in [1.54, 1.807) is 25.1 Å². The van der Waals surface area contributed by atoms with Crippen LogP contribution in [0.3, 0.4) is 0 Å². The summed E-state index contributed by atoms with van der Waals surface area (Å²) in [7, 11) is 3.26. The fourth-order valence-electron chi connectivity index (χ4n) is 7.30. The third-order valence-corrected chi connectivity index (χ3v) is 9.40. The molecule has 3 atom stereocenters. The van der Waals surface area contributed by atoms with Crippen LogP contribution >= 0.6 is 0 Å². The van der Waals surface area contributed by atoms with Gasteiger partial charge in [-0.05, 0) is 79.7 Å². The number of methoxy groups -OCH3 is 2. The van der Waals surface area contributed by atoms with Crippen LogP contribution in [0.25, 0.3) is 5.69 Å². The molecule has 2 fully saturated rings. The van der Waals surface area contributed by atoms with Crippen molar-refractivity contribution in [3.8, 4) is 17.2 Å². The second kappa shape index (κ2) is 13.7. The molecule has 3 aromatic rings. The highest BCUT2D eigenvalue weighted by atomic mass is 16.5. The number of para-hydroxylation sites is 1. The molecule has 1 aromatic heterocycles. The van der Waals surface area contributed by atoms with Gasteiger partial charge in [0.25, 0.3) is 5.91 Å². The van der Waals surface area contributed by atoms with Gasteiger partial charge in [0.1, 0.15) is 0 Å². The van der Waals surface area contributed by atoms with Gasteiger partial charge < -0.3 is 24.6 Å². The Morgan fingerprint density at radius 2 is 1.80 bits per heavy atom. The number of amides is 3. The van der Waals surface area contributed by atoms with Gasteiger partial charge in [0, 0.05) is 45.1 Å². The summed E-state index contributed by atoms with van der Waals surface area (Å²) in [6, 6.07) is 13.6. The van der Waals surface area contributed by atoms with Gasteiger partial charge in [-0.15, -0.1) is 5.10 Å². The number of fused-ring (bicyclic) bond motifs is 6. The normalized spacial score (nSPS) is 22.8. The Hall–Kier alpha value is -4.41. The first-order valence-electron chi connectivity index (χ1n) is 16.0. The lowest BCUT2D eigenvalue weighted by Crippen LogP contribution is -2.60. The average molecular weight is 615 g/mol. The van der Waals surface area contributed by atoms with Crippen LogP contribution in [-0.4, -0.2) is 89.0 Å². The molecule has 11 nitrogen and oxygen atoms in total. The number of aryl methyl sites for hydroxylation is 2. The zero-order chi connectivity index (χ0) is 31.3. The molecule has 3 aliphatic rings.